The van der Waals surface area contributed by atoms with Crippen molar-refractivity contribution in [3.63, 3.8) is 0 Å². The predicted octanol–water partition coefficient (Wildman–Crippen LogP) is 4.46. The van der Waals surface area contributed by atoms with Gasteiger partial charge < -0.3 is 10.4 Å². The number of rotatable bonds is 4. The third kappa shape index (κ3) is 3.49. The van der Waals surface area contributed by atoms with E-state index in [2.05, 4.69) is 19.2 Å². The molecular weight excluding hydrogens is 258 g/mol. The van der Waals surface area contributed by atoms with Gasteiger partial charge in [-0.05, 0) is 43.2 Å². The Kier molecular flexibility index (Phi) is 4.46. The summed E-state index contributed by atoms with van der Waals surface area (Å²) in [5.41, 5.74) is 2.13. The van der Waals surface area contributed by atoms with Crippen molar-refractivity contribution in [2.75, 3.05) is 0 Å². The summed E-state index contributed by atoms with van der Waals surface area (Å²) in [4.78, 5) is 0. The highest BCUT2D eigenvalue weighted by molar-refractivity contribution is 6.31. The second-order valence-electron chi connectivity index (χ2n) is 4.73. The highest BCUT2D eigenvalue weighted by Crippen LogP contribution is 2.26. The van der Waals surface area contributed by atoms with Crippen LogP contribution in [0.25, 0.3) is 0 Å². The van der Waals surface area contributed by atoms with Crippen molar-refractivity contribution in [3.05, 3.63) is 64.7 Å². The average molecular weight is 276 g/mol. The van der Waals surface area contributed by atoms with E-state index in [4.69, 9.17) is 11.6 Å². The number of hydrogen-bond acceptors (Lipinski definition) is 2. The number of halogens is 1. The van der Waals surface area contributed by atoms with Crippen molar-refractivity contribution in [1.29, 1.82) is 0 Å². The van der Waals surface area contributed by atoms with Crippen LogP contribution in [0.5, 0.6) is 5.75 Å². The van der Waals surface area contributed by atoms with Crippen molar-refractivity contribution in [2.24, 2.45) is 0 Å². The summed E-state index contributed by atoms with van der Waals surface area (Å²) in [5, 5.41) is 13.8. The zero-order valence-electron chi connectivity index (χ0n) is 11.1. The molecule has 0 aliphatic heterocycles. The van der Waals surface area contributed by atoms with Gasteiger partial charge in [0.2, 0.25) is 0 Å². The molecule has 100 valence electrons. The van der Waals surface area contributed by atoms with E-state index in [1.54, 1.807) is 12.1 Å². The Balaban J connectivity index is 2.11. The van der Waals surface area contributed by atoms with Crippen LogP contribution in [-0.4, -0.2) is 5.11 Å². The van der Waals surface area contributed by atoms with E-state index in [0.29, 0.717) is 0 Å². The lowest BCUT2D eigenvalue weighted by Crippen LogP contribution is -2.22. The summed E-state index contributed by atoms with van der Waals surface area (Å²) in [6.45, 7) is 4.16. The molecule has 1 unspecified atom stereocenters. The summed E-state index contributed by atoms with van der Waals surface area (Å²) >= 11 is 6.19. The van der Waals surface area contributed by atoms with Crippen LogP contribution in [0.15, 0.2) is 48.5 Å². The Labute approximate surface area is 119 Å². The van der Waals surface area contributed by atoms with Gasteiger partial charge in [-0.1, -0.05) is 41.9 Å². The highest BCUT2D eigenvalue weighted by atomic mass is 35.5. The maximum Gasteiger partial charge on any atom is 0.115 e. The number of phenolic OH excluding ortho intramolecular Hbond substituents is 1. The van der Waals surface area contributed by atoms with Crippen molar-refractivity contribution in [2.45, 2.75) is 25.9 Å². The molecule has 0 bridgehead atoms. The maximum atomic E-state index is 9.51. The summed E-state index contributed by atoms with van der Waals surface area (Å²) in [6.07, 6.45) is 0. The molecule has 0 saturated carbocycles. The molecule has 3 heteroatoms. The van der Waals surface area contributed by atoms with E-state index in [1.807, 2.05) is 36.4 Å². The van der Waals surface area contributed by atoms with Gasteiger partial charge in [-0.3, -0.25) is 0 Å². The van der Waals surface area contributed by atoms with Gasteiger partial charge >= 0.3 is 0 Å². The van der Waals surface area contributed by atoms with Crippen LogP contribution in [0.4, 0.5) is 0 Å². The first-order chi connectivity index (χ1) is 9.08. The van der Waals surface area contributed by atoms with Gasteiger partial charge in [0.25, 0.3) is 0 Å². The molecule has 0 aliphatic carbocycles. The standard InChI is InChI=1S/C16H18ClNO/c1-11(13-6-5-7-14(19)10-13)18-12(2)15-8-3-4-9-16(15)17/h3-12,18-19H,1-2H3/t11?,12-/m0/s1. The van der Waals surface area contributed by atoms with Crippen LogP contribution in [0.1, 0.15) is 37.1 Å². The van der Waals surface area contributed by atoms with E-state index < -0.39 is 0 Å². The van der Waals surface area contributed by atoms with E-state index in [1.165, 1.54) is 0 Å². The monoisotopic (exact) mass is 275 g/mol. The number of nitrogens with one attached hydrogen (secondary N) is 1. The molecule has 2 atom stereocenters. The first-order valence-electron chi connectivity index (χ1n) is 6.37. The molecule has 0 aromatic heterocycles. The molecule has 2 rings (SSSR count). The van der Waals surface area contributed by atoms with Gasteiger partial charge in [0.15, 0.2) is 0 Å². The summed E-state index contributed by atoms with van der Waals surface area (Å²) in [5.74, 6) is 0.288. The molecule has 0 heterocycles. The second-order valence-corrected chi connectivity index (χ2v) is 5.13. The maximum absolute atomic E-state index is 9.51. The Hall–Kier alpha value is -1.51. The Morgan fingerprint density at radius 1 is 1.00 bits per heavy atom. The van der Waals surface area contributed by atoms with Gasteiger partial charge in [0.1, 0.15) is 5.75 Å². The van der Waals surface area contributed by atoms with Gasteiger partial charge in [0, 0.05) is 17.1 Å². The lowest BCUT2D eigenvalue weighted by Gasteiger charge is -2.21. The van der Waals surface area contributed by atoms with E-state index in [9.17, 15) is 5.11 Å². The van der Waals surface area contributed by atoms with Gasteiger partial charge in [-0.2, -0.15) is 0 Å². The summed E-state index contributed by atoms with van der Waals surface area (Å²) < 4.78 is 0. The molecular formula is C16H18ClNO. The largest absolute Gasteiger partial charge is 0.508 e. The fraction of sp³-hybridized carbons (Fsp3) is 0.250. The fourth-order valence-electron chi connectivity index (χ4n) is 2.18. The van der Waals surface area contributed by atoms with Crippen molar-refractivity contribution < 1.29 is 5.11 Å². The molecule has 2 aromatic carbocycles. The number of aromatic hydroxyl groups is 1. The first kappa shape index (κ1) is 13.9. The Bertz CT molecular complexity index is 556. The van der Waals surface area contributed by atoms with Crippen LogP contribution >= 0.6 is 11.6 Å². The molecule has 0 amide bonds. The topological polar surface area (TPSA) is 32.3 Å². The summed E-state index contributed by atoms with van der Waals surface area (Å²) in [7, 11) is 0. The normalized spacial score (nSPS) is 14.1. The molecule has 0 spiro atoms. The molecule has 0 fully saturated rings. The lowest BCUT2D eigenvalue weighted by molar-refractivity contribution is 0.466. The van der Waals surface area contributed by atoms with Crippen LogP contribution in [0.2, 0.25) is 5.02 Å². The summed E-state index contributed by atoms with van der Waals surface area (Å²) in [6, 6.07) is 15.4. The predicted molar refractivity (Wildman–Crippen MR) is 79.5 cm³/mol. The Morgan fingerprint density at radius 2 is 1.74 bits per heavy atom. The minimum Gasteiger partial charge on any atom is -0.508 e. The minimum atomic E-state index is 0.137. The third-order valence-electron chi connectivity index (χ3n) is 3.24. The average Bonchev–Trinajstić information content (AvgIpc) is 2.39. The third-order valence-corrected chi connectivity index (χ3v) is 3.59. The molecule has 0 radical (unpaired) electrons. The number of benzene rings is 2. The van der Waals surface area contributed by atoms with Crippen molar-refractivity contribution in [3.8, 4) is 5.75 Å². The van der Waals surface area contributed by atoms with Crippen LogP contribution in [0, 0.1) is 0 Å². The number of hydrogen-bond donors (Lipinski definition) is 2. The molecule has 2 aromatic rings. The van der Waals surface area contributed by atoms with Crippen LogP contribution < -0.4 is 5.32 Å². The Morgan fingerprint density at radius 3 is 2.42 bits per heavy atom. The lowest BCUT2D eigenvalue weighted by atomic mass is 10.0. The minimum absolute atomic E-state index is 0.137. The van der Waals surface area contributed by atoms with E-state index >= 15 is 0 Å². The van der Waals surface area contributed by atoms with Crippen molar-refractivity contribution in [1.82, 2.24) is 5.32 Å². The number of phenols is 1. The van der Waals surface area contributed by atoms with Gasteiger partial charge in [-0.15, -0.1) is 0 Å². The van der Waals surface area contributed by atoms with Gasteiger partial charge in [-0.25, -0.2) is 0 Å². The van der Waals surface area contributed by atoms with Crippen molar-refractivity contribution >= 4 is 11.6 Å². The molecule has 2 nitrogen and oxygen atoms in total. The quantitative estimate of drug-likeness (QED) is 0.864. The van der Waals surface area contributed by atoms with Crippen LogP contribution in [0.3, 0.4) is 0 Å². The van der Waals surface area contributed by atoms with E-state index in [0.717, 1.165) is 16.1 Å². The molecule has 0 saturated heterocycles. The van der Waals surface area contributed by atoms with Gasteiger partial charge in [0.05, 0.1) is 0 Å². The zero-order valence-corrected chi connectivity index (χ0v) is 11.9. The SMILES string of the molecule is CC(N[C@@H](C)c1ccccc1Cl)c1cccc(O)c1. The van der Waals surface area contributed by atoms with Crippen LogP contribution in [-0.2, 0) is 0 Å². The smallest absolute Gasteiger partial charge is 0.115 e. The van der Waals surface area contributed by atoms with E-state index in [-0.39, 0.29) is 17.8 Å². The highest BCUT2D eigenvalue weighted by Gasteiger charge is 2.13. The molecule has 19 heavy (non-hydrogen) atoms. The molecule has 0 aliphatic rings. The zero-order chi connectivity index (χ0) is 13.8. The fourth-order valence-corrected chi connectivity index (χ4v) is 2.48. The molecule has 2 N–H and O–H groups in total. The first-order valence-corrected chi connectivity index (χ1v) is 6.75. The second kappa shape index (κ2) is 6.09.